The predicted octanol–water partition coefficient (Wildman–Crippen LogP) is 4.23. The zero-order valence-electron chi connectivity index (χ0n) is 11.3. The topological polar surface area (TPSA) is 34.1 Å². The highest BCUT2D eigenvalue weighted by Gasteiger charge is 2.12. The number of ether oxygens (including phenoxy) is 1. The lowest BCUT2D eigenvalue weighted by Gasteiger charge is -2.19. The van der Waals surface area contributed by atoms with Crippen LogP contribution in [0.4, 0.5) is 5.69 Å². The van der Waals surface area contributed by atoms with Gasteiger partial charge in [-0.15, -0.1) is 0 Å². The molecule has 0 saturated heterocycles. The Labute approximate surface area is 118 Å². The molecule has 2 aromatic rings. The number of methoxy groups -OCH3 is 1. The number of hydrogen-bond acceptors (Lipinski definition) is 3. The Morgan fingerprint density at radius 1 is 1.32 bits per heavy atom. The fraction of sp³-hybridized carbons (Fsp3) is 0.267. The summed E-state index contributed by atoms with van der Waals surface area (Å²) in [7, 11) is 1.68. The number of hydrogen-bond donors (Lipinski definition) is 1. The molecule has 0 radical (unpaired) electrons. The summed E-state index contributed by atoms with van der Waals surface area (Å²) in [5.74, 6) is 0.866. The van der Waals surface area contributed by atoms with E-state index in [1.54, 1.807) is 25.6 Å². The Morgan fingerprint density at radius 3 is 2.79 bits per heavy atom. The van der Waals surface area contributed by atoms with E-state index in [1.165, 1.54) is 5.56 Å². The summed E-state index contributed by atoms with van der Waals surface area (Å²) in [6.45, 7) is 4.13. The number of aromatic nitrogens is 1. The lowest BCUT2D eigenvalue weighted by Crippen LogP contribution is -2.09. The highest BCUT2D eigenvalue weighted by atomic mass is 35.5. The van der Waals surface area contributed by atoms with Crippen LogP contribution in [0.2, 0.25) is 5.02 Å². The molecule has 0 saturated carbocycles. The van der Waals surface area contributed by atoms with E-state index in [2.05, 4.69) is 30.2 Å². The molecular formula is C15H17ClN2O. The van der Waals surface area contributed by atoms with Crippen molar-refractivity contribution in [3.63, 3.8) is 0 Å². The van der Waals surface area contributed by atoms with Gasteiger partial charge < -0.3 is 10.1 Å². The molecule has 1 aromatic heterocycles. The molecule has 19 heavy (non-hydrogen) atoms. The van der Waals surface area contributed by atoms with Crippen LogP contribution in [0.3, 0.4) is 0 Å². The quantitative estimate of drug-likeness (QED) is 0.908. The molecule has 100 valence electrons. The average Bonchev–Trinajstić information content (AvgIpc) is 2.41. The number of benzene rings is 1. The molecule has 0 amide bonds. The van der Waals surface area contributed by atoms with Crippen LogP contribution in [0.15, 0.2) is 36.7 Å². The maximum Gasteiger partial charge on any atom is 0.124 e. The van der Waals surface area contributed by atoms with Gasteiger partial charge in [0.2, 0.25) is 0 Å². The summed E-state index contributed by atoms with van der Waals surface area (Å²) in [5.41, 5.74) is 3.12. The Morgan fingerprint density at radius 2 is 2.11 bits per heavy atom. The molecule has 2 rings (SSSR count). The first kappa shape index (κ1) is 13.7. The second kappa shape index (κ2) is 5.93. The minimum absolute atomic E-state index is 0.0801. The van der Waals surface area contributed by atoms with Gasteiger partial charge in [-0.1, -0.05) is 29.3 Å². The van der Waals surface area contributed by atoms with Crippen molar-refractivity contribution in [2.24, 2.45) is 0 Å². The first-order chi connectivity index (χ1) is 9.11. The minimum atomic E-state index is 0.0801. The molecule has 0 aliphatic heterocycles. The number of nitrogens with zero attached hydrogens (tertiary/aromatic N) is 1. The Balaban J connectivity index is 2.27. The van der Waals surface area contributed by atoms with Gasteiger partial charge in [0, 0.05) is 11.8 Å². The van der Waals surface area contributed by atoms with E-state index in [-0.39, 0.29) is 6.04 Å². The maximum atomic E-state index is 6.13. The minimum Gasteiger partial charge on any atom is -0.496 e. The molecule has 0 aliphatic rings. The van der Waals surface area contributed by atoms with Crippen molar-refractivity contribution in [1.29, 1.82) is 0 Å². The number of aryl methyl sites for hydroxylation is 1. The van der Waals surface area contributed by atoms with E-state index in [9.17, 15) is 0 Å². The normalized spacial score (nSPS) is 12.0. The zero-order valence-corrected chi connectivity index (χ0v) is 12.0. The van der Waals surface area contributed by atoms with Crippen molar-refractivity contribution in [3.8, 4) is 5.75 Å². The van der Waals surface area contributed by atoms with Crippen molar-refractivity contribution in [2.75, 3.05) is 12.4 Å². The first-order valence-corrected chi connectivity index (χ1v) is 6.50. The van der Waals surface area contributed by atoms with Crippen LogP contribution >= 0.6 is 11.6 Å². The van der Waals surface area contributed by atoms with E-state index < -0.39 is 0 Å². The lowest BCUT2D eigenvalue weighted by atomic mass is 10.0. The third-order valence-electron chi connectivity index (χ3n) is 2.99. The van der Waals surface area contributed by atoms with Crippen LogP contribution in [-0.4, -0.2) is 12.1 Å². The Hall–Kier alpha value is -1.74. The van der Waals surface area contributed by atoms with Crippen molar-refractivity contribution < 1.29 is 4.74 Å². The predicted molar refractivity (Wildman–Crippen MR) is 79.0 cm³/mol. The van der Waals surface area contributed by atoms with Crippen molar-refractivity contribution in [3.05, 3.63) is 52.8 Å². The zero-order chi connectivity index (χ0) is 13.8. The molecule has 1 aromatic carbocycles. The average molecular weight is 277 g/mol. The molecule has 0 bridgehead atoms. The fourth-order valence-electron chi connectivity index (χ4n) is 1.99. The standard InChI is InChI=1S/C15H17ClN2O/c1-10-4-5-15(19-3)12(8-10)11(2)18-14-9-17-7-6-13(14)16/h4-9,11,18H,1-3H3. The van der Waals surface area contributed by atoms with Crippen LogP contribution < -0.4 is 10.1 Å². The molecule has 1 atom stereocenters. The maximum absolute atomic E-state index is 6.13. The van der Waals surface area contributed by atoms with E-state index in [4.69, 9.17) is 16.3 Å². The Kier molecular flexibility index (Phi) is 4.27. The summed E-state index contributed by atoms with van der Waals surface area (Å²) < 4.78 is 5.40. The molecule has 0 aliphatic carbocycles. The van der Waals surface area contributed by atoms with E-state index >= 15 is 0 Å². The smallest absolute Gasteiger partial charge is 0.124 e. The molecule has 1 unspecified atom stereocenters. The second-order valence-electron chi connectivity index (χ2n) is 4.47. The van der Waals surface area contributed by atoms with Gasteiger partial charge in [0.15, 0.2) is 0 Å². The first-order valence-electron chi connectivity index (χ1n) is 6.12. The van der Waals surface area contributed by atoms with Crippen LogP contribution in [0, 0.1) is 6.92 Å². The van der Waals surface area contributed by atoms with Gasteiger partial charge >= 0.3 is 0 Å². The molecule has 4 heteroatoms. The number of anilines is 1. The van der Waals surface area contributed by atoms with Gasteiger partial charge in [0.05, 0.1) is 30.1 Å². The van der Waals surface area contributed by atoms with Crippen LogP contribution in [0.5, 0.6) is 5.75 Å². The van der Waals surface area contributed by atoms with E-state index in [1.807, 2.05) is 12.1 Å². The van der Waals surface area contributed by atoms with Crippen molar-refractivity contribution in [2.45, 2.75) is 19.9 Å². The van der Waals surface area contributed by atoms with E-state index in [0.717, 1.165) is 17.0 Å². The van der Waals surface area contributed by atoms with E-state index in [0.29, 0.717) is 5.02 Å². The van der Waals surface area contributed by atoms with Crippen LogP contribution in [0.25, 0.3) is 0 Å². The molecule has 0 fully saturated rings. The fourth-order valence-corrected chi connectivity index (χ4v) is 2.15. The SMILES string of the molecule is COc1ccc(C)cc1C(C)Nc1cnccc1Cl. The highest BCUT2D eigenvalue weighted by molar-refractivity contribution is 6.33. The molecule has 0 spiro atoms. The summed E-state index contributed by atoms with van der Waals surface area (Å²) in [5, 5.41) is 4.01. The monoisotopic (exact) mass is 276 g/mol. The largest absolute Gasteiger partial charge is 0.496 e. The van der Waals surface area contributed by atoms with Gasteiger partial charge in [-0.3, -0.25) is 4.98 Å². The van der Waals surface area contributed by atoms with Crippen LogP contribution in [-0.2, 0) is 0 Å². The van der Waals surface area contributed by atoms with Gasteiger partial charge in [-0.05, 0) is 26.0 Å². The third kappa shape index (κ3) is 3.18. The van der Waals surface area contributed by atoms with Gasteiger partial charge in [0.25, 0.3) is 0 Å². The number of rotatable bonds is 4. The summed E-state index contributed by atoms with van der Waals surface area (Å²) in [6.07, 6.45) is 3.40. The van der Waals surface area contributed by atoms with Crippen LogP contribution in [0.1, 0.15) is 24.1 Å². The molecule has 1 N–H and O–H groups in total. The number of pyridine rings is 1. The van der Waals surface area contributed by atoms with Crippen molar-refractivity contribution >= 4 is 17.3 Å². The third-order valence-corrected chi connectivity index (χ3v) is 3.32. The molecule has 3 nitrogen and oxygen atoms in total. The summed E-state index contributed by atoms with van der Waals surface area (Å²) in [4.78, 5) is 4.07. The van der Waals surface area contributed by atoms with Crippen molar-refractivity contribution in [1.82, 2.24) is 4.98 Å². The number of nitrogens with one attached hydrogen (secondary N) is 1. The number of halogens is 1. The second-order valence-corrected chi connectivity index (χ2v) is 4.87. The summed E-state index contributed by atoms with van der Waals surface area (Å²) >= 11 is 6.13. The Bertz CT molecular complexity index is 572. The lowest BCUT2D eigenvalue weighted by molar-refractivity contribution is 0.408. The van der Waals surface area contributed by atoms with Gasteiger partial charge in [-0.25, -0.2) is 0 Å². The summed E-state index contributed by atoms with van der Waals surface area (Å²) in [6, 6.07) is 7.97. The van der Waals surface area contributed by atoms with Gasteiger partial charge in [-0.2, -0.15) is 0 Å². The van der Waals surface area contributed by atoms with Gasteiger partial charge in [0.1, 0.15) is 5.75 Å². The molecule has 1 heterocycles. The highest BCUT2D eigenvalue weighted by Crippen LogP contribution is 2.30. The molecular weight excluding hydrogens is 260 g/mol.